The second-order valence-electron chi connectivity index (χ2n) is 8.99. The van der Waals surface area contributed by atoms with Crippen LogP contribution in [0.3, 0.4) is 0 Å². The maximum absolute atomic E-state index is 14.7. The largest absolute Gasteiger partial charge is 0.467 e. The second kappa shape index (κ2) is 14.0. The molecule has 0 fully saturated rings. The molecule has 0 bridgehead atoms. The first kappa shape index (κ1) is 29.8. The number of ether oxygens (including phenoxy) is 1. The van der Waals surface area contributed by atoms with E-state index in [1.807, 2.05) is 6.07 Å². The van der Waals surface area contributed by atoms with Crippen molar-refractivity contribution in [2.45, 2.75) is 18.2 Å². The summed E-state index contributed by atoms with van der Waals surface area (Å²) in [4.78, 5) is 36.9. The number of nitro benzene ring substituents is 1. The minimum atomic E-state index is -4.45. The summed E-state index contributed by atoms with van der Waals surface area (Å²) in [5.41, 5.74) is 0.531. The highest BCUT2D eigenvalue weighted by Gasteiger charge is 2.43. The number of hydrogen-bond acceptors (Lipinski definition) is 8. The van der Waals surface area contributed by atoms with Gasteiger partial charge < -0.3 is 24.4 Å². The third-order valence-electron chi connectivity index (χ3n) is 6.01. The lowest BCUT2D eigenvalue weighted by Gasteiger charge is -2.29. The van der Waals surface area contributed by atoms with Gasteiger partial charge in [-0.05, 0) is 35.4 Å². The van der Waals surface area contributed by atoms with E-state index in [0.29, 0.717) is 0 Å². The van der Waals surface area contributed by atoms with E-state index in [9.17, 15) is 24.3 Å². The topological polar surface area (TPSA) is 146 Å². The first-order valence-electron chi connectivity index (χ1n) is 12.8. The number of urea groups is 1. The highest BCUT2D eigenvalue weighted by Crippen LogP contribution is 2.59. The van der Waals surface area contributed by atoms with Crippen molar-refractivity contribution in [1.82, 2.24) is 10.6 Å². The third-order valence-corrected chi connectivity index (χ3v) is 8.00. The molecule has 4 rings (SSSR count). The van der Waals surface area contributed by atoms with Gasteiger partial charge in [-0.1, -0.05) is 78.9 Å². The van der Waals surface area contributed by atoms with Crippen molar-refractivity contribution >= 4 is 25.3 Å². The third kappa shape index (κ3) is 7.96. The molecule has 216 valence electrons. The Bertz CT molecular complexity index is 1510. The first-order valence-corrected chi connectivity index (χ1v) is 14.4. The number of rotatable bonds is 12. The molecule has 0 saturated carbocycles. The molecule has 0 spiro atoms. The molecule has 0 aliphatic carbocycles. The number of carbonyl (C=O) groups is 2. The molecule has 4 aromatic rings. The summed E-state index contributed by atoms with van der Waals surface area (Å²) in [5, 5.41) is 16.7. The molecule has 2 atom stereocenters. The molecule has 2 amide bonds. The monoisotopic (exact) mass is 589 g/mol. The number of esters is 1. The molecular formula is C30H28N3O8P. The van der Waals surface area contributed by atoms with Gasteiger partial charge in [-0.25, -0.2) is 14.2 Å². The maximum atomic E-state index is 14.7. The lowest BCUT2D eigenvalue weighted by molar-refractivity contribution is -0.384. The average Bonchev–Trinajstić information content (AvgIpc) is 3.00. The van der Waals surface area contributed by atoms with E-state index in [-0.39, 0.29) is 29.2 Å². The van der Waals surface area contributed by atoms with E-state index in [1.54, 1.807) is 84.9 Å². The molecule has 0 radical (unpaired) electrons. The van der Waals surface area contributed by atoms with Gasteiger partial charge >= 0.3 is 19.6 Å². The van der Waals surface area contributed by atoms with Crippen molar-refractivity contribution in [2.75, 3.05) is 7.11 Å². The van der Waals surface area contributed by atoms with Crippen LogP contribution in [0.4, 0.5) is 10.5 Å². The number of nitrogens with one attached hydrogen (secondary N) is 2. The minimum absolute atomic E-state index is 0.0761. The van der Waals surface area contributed by atoms with Gasteiger partial charge in [0.1, 0.15) is 17.5 Å². The van der Waals surface area contributed by atoms with Gasteiger partial charge in [0.25, 0.3) is 5.69 Å². The van der Waals surface area contributed by atoms with Crippen LogP contribution in [-0.2, 0) is 20.5 Å². The first-order chi connectivity index (χ1) is 20.3. The number of methoxy groups -OCH3 is 1. The zero-order valence-corrected chi connectivity index (χ0v) is 23.4. The summed E-state index contributed by atoms with van der Waals surface area (Å²) in [5.74, 6) is -1.91. The zero-order chi connectivity index (χ0) is 30.0. The van der Waals surface area contributed by atoms with Crippen LogP contribution in [0.25, 0.3) is 0 Å². The van der Waals surface area contributed by atoms with Crippen LogP contribution in [0.5, 0.6) is 11.5 Å². The van der Waals surface area contributed by atoms with Crippen LogP contribution < -0.4 is 19.7 Å². The Hall–Kier alpha value is -5.15. The Kier molecular flexibility index (Phi) is 9.91. The van der Waals surface area contributed by atoms with Crippen LogP contribution >= 0.6 is 7.60 Å². The molecule has 0 heterocycles. The molecule has 1 unspecified atom stereocenters. The van der Waals surface area contributed by atoms with Crippen LogP contribution in [0.1, 0.15) is 16.9 Å². The van der Waals surface area contributed by atoms with E-state index in [4.69, 9.17) is 13.8 Å². The second-order valence-corrected chi connectivity index (χ2v) is 10.9. The standard InChI is InChI=1S/C30H28N3O8P/c1-39-29(34)27(20-22-12-5-2-6-13-22)31-30(35)32-28(23-14-11-15-24(21-23)33(36)37)42(38,40-25-16-7-3-8-17-25)41-26-18-9-4-10-19-26/h2-19,21,27-28H,20H2,1H3,(H2,31,32,35)/t27-,28?/m0/s1. The summed E-state index contributed by atoms with van der Waals surface area (Å²) in [7, 11) is -3.25. The zero-order valence-electron chi connectivity index (χ0n) is 22.5. The predicted octanol–water partition coefficient (Wildman–Crippen LogP) is 6.03. The van der Waals surface area contributed by atoms with Crippen LogP contribution in [-0.4, -0.2) is 30.1 Å². The number of nitrogens with zero attached hydrogens (tertiary/aromatic N) is 1. The Morgan fingerprint density at radius 1 is 0.810 bits per heavy atom. The fourth-order valence-electron chi connectivity index (χ4n) is 4.04. The summed E-state index contributed by atoms with van der Waals surface area (Å²) < 4.78 is 31.4. The molecule has 0 aliphatic heterocycles. The number of carbonyl (C=O) groups excluding carboxylic acids is 2. The van der Waals surface area contributed by atoms with Crippen LogP contribution in [0.2, 0.25) is 0 Å². The Morgan fingerprint density at radius 3 is 1.88 bits per heavy atom. The van der Waals surface area contributed by atoms with Crippen LogP contribution in [0, 0.1) is 10.1 Å². The van der Waals surface area contributed by atoms with E-state index < -0.39 is 36.3 Å². The van der Waals surface area contributed by atoms with Gasteiger partial charge in [0, 0.05) is 18.6 Å². The molecule has 11 nitrogen and oxygen atoms in total. The van der Waals surface area contributed by atoms with Crippen molar-refractivity contribution in [2.24, 2.45) is 0 Å². The van der Waals surface area contributed by atoms with Gasteiger partial charge in [0.15, 0.2) is 5.78 Å². The van der Waals surface area contributed by atoms with Gasteiger partial charge in [0.2, 0.25) is 0 Å². The average molecular weight is 590 g/mol. The smallest absolute Gasteiger partial charge is 0.457 e. The molecule has 0 saturated heterocycles. The molecule has 0 aliphatic rings. The molecule has 42 heavy (non-hydrogen) atoms. The fraction of sp³-hybridized carbons (Fsp3) is 0.133. The lowest BCUT2D eigenvalue weighted by atomic mass is 10.1. The molecule has 2 N–H and O–H groups in total. The van der Waals surface area contributed by atoms with Crippen molar-refractivity contribution < 1.29 is 32.9 Å². The number of para-hydroxylation sites is 2. The van der Waals surface area contributed by atoms with Crippen molar-refractivity contribution in [3.63, 3.8) is 0 Å². The number of amides is 2. The number of hydrogen-bond donors (Lipinski definition) is 2. The quantitative estimate of drug-likeness (QED) is 0.0882. The summed E-state index contributed by atoms with van der Waals surface area (Å²) in [6.07, 6.45) is 0.112. The number of benzene rings is 4. The minimum Gasteiger partial charge on any atom is -0.467 e. The fourth-order valence-corrected chi connectivity index (χ4v) is 5.92. The molecule has 0 aromatic heterocycles. The van der Waals surface area contributed by atoms with Gasteiger partial charge in [-0.2, -0.15) is 0 Å². The van der Waals surface area contributed by atoms with Crippen molar-refractivity contribution in [1.29, 1.82) is 0 Å². The van der Waals surface area contributed by atoms with E-state index in [2.05, 4.69) is 10.6 Å². The van der Waals surface area contributed by atoms with Gasteiger partial charge in [0.05, 0.1) is 12.0 Å². The van der Waals surface area contributed by atoms with Crippen molar-refractivity contribution in [3.8, 4) is 11.5 Å². The summed E-state index contributed by atoms with van der Waals surface area (Å²) >= 11 is 0. The highest BCUT2D eigenvalue weighted by atomic mass is 31.2. The van der Waals surface area contributed by atoms with Crippen LogP contribution in [0.15, 0.2) is 115 Å². The van der Waals surface area contributed by atoms with E-state index in [0.717, 1.165) is 5.56 Å². The molecule has 12 heteroatoms. The SMILES string of the molecule is COC(=O)[C@H](Cc1ccccc1)NC(=O)NC(c1cccc([N+](=O)[O-])c1)P(=O)(Oc1ccccc1)Oc1ccccc1. The van der Waals surface area contributed by atoms with Crippen molar-refractivity contribution in [3.05, 3.63) is 137 Å². The Morgan fingerprint density at radius 2 is 1.36 bits per heavy atom. The van der Waals surface area contributed by atoms with Gasteiger partial charge in [-0.15, -0.1) is 0 Å². The normalized spacial score (nSPS) is 12.3. The lowest BCUT2D eigenvalue weighted by Crippen LogP contribution is -2.48. The van der Waals surface area contributed by atoms with Gasteiger partial charge in [-0.3, -0.25) is 10.1 Å². The Labute approximate surface area is 242 Å². The summed E-state index contributed by atoms with van der Waals surface area (Å²) in [6.45, 7) is 0. The Balaban J connectivity index is 1.73. The summed E-state index contributed by atoms with van der Waals surface area (Å²) in [6, 6.07) is 28.6. The molecule has 4 aromatic carbocycles. The predicted molar refractivity (Wildman–Crippen MR) is 155 cm³/mol. The maximum Gasteiger partial charge on any atom is 0.457 e. The molecular weight excluding hydrogens is 561 g/mol. The van der Waals surface area contributed by atoms with E-state index in [1.165, 1.54) is 31.4 Å². The number of non-ortho nitro benzene ring substituents is 1. The highest BCUT2D eigenvalue weighted by molar-refractivity contribution is 7.55. The number of nitro groups is 1. The van der Waals surface area contributed by atoms with E-state index >= 15 is 0 Å².